The van der Waals surface area contributed by atoms with Crippen LogP contribution in [0.5, 0.6) is 0 Å². The second-order valence-electron chi connectivity index (χ2n) is 8.56. The van der Waals surface area contributed by atoms with Gasteiger partial charge in [0.05, 0.1) is 0 Å². The van der Waals surface area contributed by atoms with Crippen molar-refractivity contribution in [3.63, 3.8) is 0 Å². The van der Waals surface area contributed by atoms with E-state index >= 15 is 0 Å². The quantitative estimate of drug-likeness (QED) is 0.420. The van der Waals surface area contributed by atoms with E-state index in [1.165, 1.54) is 0 Å². The number of carbonyl (C=O) groups excluding carboxylic acids is 2. The van der Waals surface area contributed by atoms with Crippen LogP contribution in [0.25, 0.3) is 0 Å². The third-order valence-corrected chi connectivity index (χ3v) is 6.86. The zero-order chi connectivity index (χ0) is 18.5. The molecule has 3 aliphatic rings. The van der Waals surface area contributed by atoms with Crippen LogP contribution < -0.4 is 5.32 Å². The van der Waals surface area contributed by atoms with Crippen LogP contribution in [-0.2, 0) is 18.8 Å². The molecule has 2 heterocycles. The third kappa shape index (κ3) is 2.92. The van der Waals surface area contributed by atoms with Crippen LogP contribution in [0.4, 0.5) is 0 Å². The van der Waals surface area contributed by atoms with Gasteiger partial charge in [0.25, 0.3) is 0 Å². The molecule has 2 saturated heterocycles. The van der Waals surface area contributed by atoms with E-state index in [0.29, 0.717) is 13.0 Å². The normalized spacial score (nSPS) is 39.2. The van der Waals surface area contributed by atoms with E-state index in [1.54, 1.807) is 6.92 Å². The van der Waals surface area contributed by atoms with Crippen molar-refractivity contribution < 1.29 is 24.0 Å². The Kier molecular flexibility index (Phi) is 4.76. The molecule has 5 atom stereocenters. The van der Waals surface area contributed by atoms with Gasteiger partial charge in [-0.05, 0) is 0 Å². The van der Waals surface area contributed by atoms with Gasteiger partial charge in [-0.1, -0.05) is 0 Å². The van der Waals surface area contributed by atoms with Gasteiger partial charge in [0.1, 0.15) is 0 Å². The molecular weight excluding hydrogens is 341 g/mol. The van der Waals surface area contributed by atoms with Gasteiger partial charge in [0, 0.05) is 0 Å². The third-order valence-electron chi connectivity index (χ3n) is 5.79. The van der Waals surface area contributed by atoms with E-state index < -0.39 is 36.6 Å². The summed E-state index contributed by atoms with van der Waals surface area (Å²) in [5.41, 5.74) is -2.35. The van der Waals surface area contributed by atoms with Crippen LogP contribution in [0, 0.1) is 11.8 Å². The van der Waals surface area contributed by atoms with Crippen molar-refractivity contribution >= 4 is 19.4 Å². The Morgan fingerprint density at radius 2 is 2.16 bits per heavy atom. The average molecular weight is 371 g/mol. The standard InChI is InChI=1S/C18H30NO5P/c1-17-13(10-11-23-25(2,3)4)15(21)19-18(17,16(22)24-17)14(20)12-8-6-5-7-9-12/h6,8,12-14,20,25H,5,7,9-11H2,1-4H3,(H,19,21)/t12-,13+,14-,17+,18+/m1/s1. The minimum absolute atomic E-state index is 0.141. The molecule has 0 bridgehead atoms. The number of rotatable bonds is 6. The van der Waals surface area contributed by atoms with Crippen LogP contribution in [0.15, 0.2) is 12.2 Å². The molecule has 1 amide bonds. The molecule has 6 nitrogen and oxygen atoms in total. The van der Waals surface area contributed by atoms with Crippen molar-refractivity contribution in [3.8, 4) is 0 Å². The van der Waals surface area contributed by atoms with E-state index in [0.717, 1.165) is 19.3 Å². The number of aliphatic hydroxyl groups excluding tert-OH is 1. The Balaban J connectivity index is 1.80. The van der Waals surface area contributed by atoms with Gasteiger partial charge >= 0.3 is 149 Å². The van der Waals surface area contributed by atoms with E-state index in [1.807, 2.05) is 12.2 Å². The number of allylic oxidation sites excluding steroid dienone is 1. The molecule has 0 saturated carbocycles. The van der Waals surface area contributed by atoms with Crippen molar-refractivity contribution in [1.29, 1.82) is 0 Å². The summed E-state index contributed by atoms with van der Waals surface area (Å²) in [6.45, 7) is 8.50. The number of carbonyl (C=O) groups is 2. The molecule has 3 rings (SSSR count). The van der Waals surface area contributed by atoms with Crippen LogP contribution in [0.2, 0.25) is 0 Å². The number of fused-ring (bicyclic) bond motifs is 1. The molecule has 7 heteroatoms. The fourth-order valence-corrected chi connectivity index (χ4v) is 5.09. The molecule has 25 heavy (non-hydrogen) atoms. The number of nitrogens with one attached hydrogen (secondary N) is 1. The number of hydrogen-bond donors (Lipinski definition) is 2. The Morgan fingerprint density at radius 1 is 1.44 bits per heavy atom. The predicted molar refractivity (Wildman–Crippen MR) is 98.0 cm³/mol. The summed E-state index contributed by atoms with van der Waals surface area (Å²) >= 11 is 0. The van der Waals surface area contributed by atoms with Crippen molar-refractivity contribution in [1.82, 2.24) is 5.32 Å². The SMILES string of the molecule is C[C@@]12OC(=O)[C@]1([C@H](O)[C@@H]1C=CCCC1)NC(=O)[C@@H]2CCO[PH](C)(C)C. The van der Waals surface area contributed by atoms with Crippen LogP contribution in [0.1, 0.15) is 32.6 Å². The monoisotopic (exact) mass is 371 g/mol. The Labute approximate surface area is 149 Å². The first-order valence-corrected chi connectivity index (χ1v) is 12.6. The summed E-state index contributed by atoms with van der Waals surface area (Å²) in [5.74, 6) is -1.39. The Hall–Kier alpha value is -0.970. The van der Waals surface area contributed by atoms with E-state index in [4.69, 9.17) is 9.26 Å². The molecule has 0 aromatic carbocycles. The van der Waals surface area contributed by atoms with Gasteiger partial charge in [-0.15, -0.1) is 0 Å². The first kappa shape index (κ1) is 18.8. The van der Waals surface area contributed by atoms with Gasteiger partial charge in [-0.3, -0.25) is 0 Å². The Bertz CT molecular complexity index is 601. The van der Waals surface area contributed by atoms with E-state index in [-0.39, 0.29) is 11.8 Å². The van der Waals surface area contributed by atoms with E-state index in [9.17, 15) is 14.7 Å². The number of hydrogen-bond acceptors (Lipinski definition) is 5. The molecule has 142 valence electrons. The first-order chi connectivity index (χ1) is 11.6. The summed E-state index contributed by atoms with van der Waals surface area (Å²) in [6.07, 6.45) is 6.27. The van der Waals surface area contributed by atoms with Crippen LogP contribution in [0.3, 0.4) is 0 Å². The summed E-state index contributed by atoms with van der Waals surface area (Å²) < 4.78 is 11.4. The summed E-state index contributed by atoms with van der Waals surface area (Å²) in [5, 5.41) is 13.8. The second-order valence-corrected chi connectivity index (χ2v) is 13.1. The second kappa shape index (κ2) is 6.33. The zero-order valence-corrected chi connectivity index (χ0v) is 16.5. The molecule has 0 aromatic heterocycles. The average Bonchev–Trinajstić information content (AvgIpc) is 2.71. The number of ether oxygens (including phenoxy) is 1. The maximum atomic E-state index is 12.6. The van der Waals surface area contributed by atoms with Gasteiger partial charge in [-0.25, -0.2) is 0 Å². The van der Waals surface area contributed by atoms with Gasteiger partial charge in [0.15, 0.2) is 0 Å². The number of esters is 1. The number of amides is 1. The van der Waals surface area contributed by atoms with Crippen molar-refractivity contribution in [3.05, 3.63) is 12.2 Å². The molecule has 0 radical (unpaired) electrons. The van der Waals surface area contributed by atoms with Gasteiger partial charge in [-0.2, -0.15) is 0 Å². The predicted octanol–water partition coefficient (Wildman–Crippen LogP) is 1.46. The molecule has 2 fully saturated rings. The van der Waals surface area contributed by atoms with Gasteiger partial charge in [0.2, 0.25) is 0 Å². The molecular formula is C18H30NO5P. The zero-order valence-electron chi connectivity index (χ0n) is 15.5. The summed E-state index contributed by atoms with van der Waals surface area (Å²) in [7, 11) is -1.68. The first-order valence-electron chi connectivity index (χ1n) is 9.16. The summed E-state index contributed by atoms with van der Waals surface area (Å²) in [4.78, 5) is 25.0. The topological polar surface area (TPSA) is 84.9 Å². The van der Waals surface area contributed by atoms with Gasteiger partial charge < -0.3 is 0 Å². The van der Waals surface area contributed by atoms with Crippen LogP contribution in [-0.4, -0.2) is 60.8 Å². The van der Waals surface area contributed by atoms with E-state index in [2.05, 4.69) is 25.3 Å². The Morgan fingerprint density at radius 3 is 2.72 bits per heavy atom. The molecule has 0 unspecified atom stereocenters. The minimum atomic E-state index is -1.68. The molecule has 1 aliphatic carbocycles. The molecule has 2 N–H and O–H groups in total. The molecule has 0 aromatic rings. The van der Waals surface area contributed by atoms with Crippen molar-refractivity contribution in [2.24, 2.45) is 11.8 Å². The summed E-state index contributed by atoms with van der Waals surface area (Å²) in [6, 6.07) is 0. The molecule has 2 aliphatic heterocycles. The maximum absolute atomic E-state index is 12.6. The van der Waals surface area contributed by atoms with Crippen molar-refractivity contribution in [2.45, 2.75) is 49.9 Å². The fraction of sp³-hybridized carbons (Fsp3) is 0.778. The van der Waals surface area contributed by atoms with Crippen molar-refractivity contribution in [2.75, 3.05) is 26.6 Å². The molecule has 0 spiro atoms. The van der Waals surface area contributed by atoms with Crippen LogP contribution >= 0.6 is 7.49 Å². The number of aliphatic hydroxyl groups is 1. The fourth-order valence-electron chi connectivity index (χ4n) is 4.36.